The Kier molecular flexibility index (Phi) is 4.00. The van der Waals surface area contributed by atoms with E-state index in [-0.39, 0.29) is 0 Å². The van der Waals surface area contributed by atoms with Gasteiger partial charge in [0.25, 0.3) is 0 Å². The van der Waals surface area contributed by atoms with Crippen LogP contribution in [0.15, 0.2) is 18.3 Å². The van der Waals surface area contributed by atoms with E-state index in [1.165, 1.54) is 24.8 Å². The van der Waals surface area contributed by atoms with Crippen LogP contribution in [-0.2, 0) is 0 Å². The first-order chi connectivity index (χ1) is 8.22. The normalized spacial score (nSPS) is 16.9. The zero-order valence-electron chi connectivity index (χ0n) is 11.1. The van der Waals surface area contributed by atoms with Gasteiger partial charge in [-0.15, -0.1) is 0 Å². The first-order valence-corrected chi connectivity index (χ1v) is 6.64. The third-order valence-electron chi connectivity index (χ3n) is 3.43. The average molecular weight is 233 g/mol. The molecule has 17 heavy (non-hydrogen) atoms. The topological polar surface area (TPSA) is 28.2 Å². The molecule has 0 spiro atoms. The van der Waals surface area contributed by atoms with E-state index in [1.807, 2.05) is 6.20 Å². The van der Waals surface area contributed by atoms with Crippen molar-refractivity contribution in [1.82, 2.24) is 10.3 Å². The second-order valence-electron chi connectivity index (χ2n) is 4.97. The number of anilines is 1. The summed E-state index contributed by atoms with van der Waals surface area (Å²) < 4.78 is 0. The maximum atomic E-state index is 4.46. The van der Waals surface area contributed by atoms with Crippen molar-refractivity contribution in [3.05, 3.63) is 23.9 Å². The molecule has 3 nitrogen and oxygen atoms in total. The van der Waals surface area contributed by atoms with E-state index in [9.17, 15) is 0 Å². The second kappa shape index (κ2) is 5.50. The van der Waals surface area contributed by atoms with Crippen LogP contribution in [0.4, 0.5) is 5.82 Å². The van der Waals surface area contributed by atoms with Gasteiger partial charge < -0.3 is 10.2 Å². The Balaban J connectivity index is 2.04. The molecule has 0 saturated heterocycles. The number of pyridine rings is 1. The number of rotatable bonds is 6. The Hall–Kier alpha value is -1.09. The molecule has 0 amide bonds. The fourth-order valence-electron chi connectivity index (χ4n) is 2.02. The number of nitrogens with one attached hydrogen (secondary N) is 1. The Morgan fingerprint density at radius 1 is 1.53 bits per heavy atom. The van der Waals surface area contributed by atoms with Gasteiger partial charge in [-0.25, -0.2) is 4.98 Å². The molecule has 1 aliphatic rings. The summed E-state index contributed by atoms with van der Waals surface area (Å²) in [4.78, 5) is 6.76. The fourth-order valence-corrected chi connectivity index (χ4v) is 2.02. The molecule has 3 heteroatoms. The first-order valence-electron chi connectivity index (χ1n) is 6.64. The van der Waals surface area contributed by atoms with E-state index in [4.69, 9.17) is 0 Å². The molecule has 0 bridgehead atoms. The summed E-state index contributed by atoms with van der Waals surface area (Å²) in [5, 5.41) is 3.51. The lowest BCUT2D eigenvalue weighted by Gasteiger charge is -2.20. The van der Waals surface area contributed by atoms with E-state index in [1.54, 1.807) is 0 Å². The number of hydrogen-bond acceptors (Lipinski definition) is 3. The summed E-state index contributed by atoms with van der Waals surface area (Å²) in [6.07, 6.45) is 5.72. The minimum atomic E-state index is 0.407. The van der Waals surface area contributed by atoms with Crippen molar-refractivity contribution in [2.75, 3.05) is 18.5 Å². The van der Waals surface area contributed by atoms with Crippen LogP contribution in [-0.4, -0.2) is 24.6 Å². The van der Waals surface area contributed by atoms with Crippen LogP contribution in [0.3, 0.4) is 0 Å². The van der Waals surface area contributed by atoms with Crippen molar-refractivity contribution in [3.63, 3.8) is 0 Å². The highest BCUT2D eigenvalue weighted by atomic mass is 15.2. The van der Waals surface area contributed by atoms with Gasteiger partial charge in [-0.05, 0) is 50.4 Å². The van der Waals surface area contributed by atoms with Crippen molar-refractivity contribution < 1.29 is 0 Å². The Bertz CT molecular complexity index is 360. The van der Waals surface area contributed by atoms with Crippen LogP contribution in [0.5, 0.6) is 0 Å². The molecule has 1 heterocycles. The lowest BCUT2D eigenvalue weighted by atomic mass is 10.1. The van der Waals surface area contributed by atoms with Crippen LogP contribution in [0, 0.1) is 0 Å². The van der Waals surface area contributed by atoms with Crippen molar-refractivity contribution in [2.24, 2.45) is 0 Å². The molecule has 1 saturated carbocycles. The lowest BCUT2D eigenvalue weighted by Crippen LogP contribution is -2.22. The van der Waals surface area contributed by atoms with Gasteiger partial charge in [0.15, 0.2) is 0 Å². The van der Waals surface area contributed by atoms with E-state index in [0.29, 0.717) is 6.04 Å². The molecule has 1 aromatic rings. The number of aromatic nitrogens is 1. The molecule has 94 valence electrons. The minimum absolute atomic E-state index is 0.407. The van der Waals surface area contributed by atoms with Gasteiger partial charge in [-0.2, -0.15) is 0 Å². The number of nitrogens with zero attached hydrogens (tertiary/aromatic N) is 2. The zero-order chi connectivity index (χ0) is 12.3. The predicted octanol–water partition coefficient (Wildman–Crippen LogP) is 2.74. The highest BCUT2D eigenvalue weighted by Gasteiger charge is 2.27. The lowest BCUT2D eigenvalue weighted by molar-refractivity contribution is 0.570. The molecule has 1 fully saturated rings. The van der Waals surface area contributed by atoms with Crippen LogP contribution >= 0.6 is 0 Å². The van der Waals surface area contributed by atoms with E-state index in [2.05, 4.69) is 48.2 Å². The maximum absolute atomic E-state index is 4.46. The molecule has 1 N–H and O–H groups in total. The molecular weight excluding hydrogens is 210 g/mol. The van der Waals surface area contributed by atoms with Crippen molar-refractivity contribution in [1.29, 1.82) is 0 Å². The van der Waals surface area contributed by atoms with Crippen LogP contribution in [0.2, 0.25) is 0 Å². The van der Waals surface area contributed by atoms with Crippen molar-refractivity contribution >= 4 is 5.82 Å². The molecule has 1 aliphatic carbocycles. The van der Waals surface area contributed by atoms with Gasteiger partial charge >= 0.3 is 0 Å². The standard InChI is InChI=1S/C14H23N3/c1-4-8-15-11(2)12-7-9-16-14(10-12)17(3)13-5-6-13/h7,9-11,13,15H,4-6,8H2,1-3H3. The monoisotopic (exact) mass is 233 g/mol. The fraction of sp³-hybridized carbons (Fsp3) is 0.643. The molecule has 2 rings (SSSR count). The Labute approximate surface area is 104 Å². The summed E-state index contributed by atoms with van der Waals surface area (Å²) in [5.41, 5.74) is 1.33. The zero-order valence-corrected chi connectivity index (χ0v) is 11.1. The summed E-state index contributed by atoms with van der Waals surface area (Å²) in [7, 11) is 2.15. The summed E-state index contributed by atoms with van der Waals surface area (Å²) in [6, 6.07) is 5.45. The van der Waals surface area contributed by atoms with Gasteiger partial charge in [0.1, 0.15) is 5.82 Å². The van der Waals surface area contributed by atoms with Gasteiger partial charge in [0.05, 0.1) is 0 Å². The van der Waals surface area contributed by atoms with Crippen LogP contribution in [0.25, 0.3) is 0 Å². The van der Waals surface area contributed by atoms with Gasteiger partial charge in [0.2, 0.25) is 0 Å². The molecular formula is C14H23N3. The van der Waals surface area contributed by atoms with Crippen molar-refractivity contribution in [3.8, 4) is 0 Å². The van der Waals surface area contributed by atoms with E-state index in [0.717, 1.165) is 18.4 Å². The van der Waals surface area contributed by atoms with Crippen molar-refractivity contribution in [2.45, 2.75) is 45.2 Å². The molecule has 1 aromatic heterocycles. The maximum Gasteiger partial charge on any atom is 0.128 e. The molecule has 0 radical (unpaired) electrons. The van der Waals surface area contributed by atoms with Gasteiger partial charge in [-0.1, -0.05) is 6.92 Å². The predicted molar refractivity (Wildman–Crippen MR) is 72.4 cm³/mol. The van der Waals surface area contributed by atoms with E-state index >= 15 is 0 Å². The largest absolute Gasteiger partial charge is 0.357 e. The molecule has 1 unspecified atom stereocenters. The highest BCUT2D eigenvalue weighted by Crippen LogP contribution is 2.29. The minimum Gasteiger partial charge on any atom is -0.357 e. The van der Waals surface area contributed by atoms with Crippen LogP contribution < -0.4 is 10.2 Å². The average Bonchev–Trinajstić information content (AvgIpc) is 3.19. The molecule has 0 aliphatic heterocycles. The highest BCUT2D eigenvalue weighted by molar-refractivity contribution is 5.43. The summed E-state index contributed by atoms with van der Waals surface area (Å²) >= 11 is 0. The second-order valence-corrected chi connectivity index (χ2v) is 4.97. The SMILES string of the molecule is CCCNC(C)c1ccnc(N(C)C2CC2)c1. The molecule has 0 aromatic carbocycles. The Morgan fingerprint density at radius 3 is 2.94 bits per heavy atom. The third kappa shape index (κ3) is 3.19. The number of hydrogen-bond donors (Lipinski definition) is 1. The van der Waals surface area contributed by atoms with Gasteiger partial charge in [-0.3, -0.25) is 0 Å². The first kappa shape index (κ1) is 12.4. The third-order valence-corrected chi connectivity index (χ3v) is 3.43. The van der Waals surface area contributed by atoms with Gasteiger partial charge in [0, 0.05) is 25.3 Å². The summed E-state index contributed by atoms with van der Waals surface area (Å²) in [5.74, 6) is 1.11. The van der Waals surface area contributed by atoms with Crippen LogP contribution in [0.1, 0.15) is 44.7 Å². The quantitative estimate of drug-likeness (QED) is 0.819. The summed E-state index contributed by atoms with van der Waals surface area (Å²) in [6.45, 7) is 5.47. The Morgan fingerprint density at radius 2 is 2.29 bits per heavy atom. The smallest absolute Gasteiger partial charge is 0.128 e. The molecule has 1 atom stereocenters. The van der Waals surface area contributed by atoms with E-state index < -0.39 is 0 Å².